The van der Waals surface area contributed by atoms with Gasteiger partial charge in [-0.3, -0.25) is 4.98 Å². The molecule has 0 saturated carbocycles. The highest BCUT2D eigenvalue weighted by Crippen LogP contribution is 2.27. The first-order valence-corrected chi connectivity index (χ1v) is 6.70. The van der Waals surface area contributed by atoms with Crippen LogP contribution >= 0.6 is 0 Å². The molecule has 0 spiro atoms. The van der Waals surface area contributed by atoms with Crippen molar-refractivity contribution in [2.24, 2.45) is 5.92 Å². The van der Waals surface area contributed by atoms with Crippen LogP contribution in [0.25, 0.3) is 10.9 Å². The maximum absolute atomic E-state index is 11.9. The van der Waals surface area contributed by atoms with Gasteiger partial charge in [0.25, 0.3) is 0 Å². The molecule has 1 aromatic carbocycles. The van der Waals surface area contributed by atoms with E-state index in [1.807, 2.05) is 38.1 Å². The Kier molecular flexibility index (Phi) is 4.39. The zero-order valence-corrected chi connectivity index (χ0v) is 12.3. The minimum atomic E-state index is -0.520. The van der Waals surface area contributed by atoms with Gasteiger partial charge in [0.15, 0.2) is 0 Å². The van der Waals surface area contributed by atoms with Crippen LogP contribution in [0.5, 0.6) is 0 Å². The number of methoxy groups -OCH3 is 1. The lowest BCUT2D eigenvalue weighted by Crippen LogP contribution is -2.35. The van der Waals surface area contributed by atoms with E-state index >= 15 is 0 Å². The highest BCUT2D eigenvalue weighted by atomic mass is 16.5. The number of para-hydroxylation sites is 1. The van der Waals surface area contributed by atoms with Crippen molar-refractivity contribution in [3.8, 4) is 6.07 Å². The minimum Gasteiger partial charge on any atom is -0.467 e. The van der Waals surface area contributed by atoms with Crippen LogP contribution < -0.4 is 5.32 Å². The number of rotatable bonds is 4. The second kappa shape index (κ2) is 6.23. The van der Waals surface area contributed by atoms with Crippen LogP contribution in [0, 0.1) is 17.2 Å². The summed E-state index contributed by atoms with van der Waals surface area (Å²) in [5, 5.41) is 13.2. The molecule has 0 aliphatic heterocycles. The zero-order valence-electron chi connectivity index (χ0n) is 12.3. The third-order valence-corrected chi connectivity index (χ3v) is 3.32. The van der Waals surface area contributed by atoms with E-state index in [2.05, 4.69) is 16.4 Å². The van der Waals surface area contributed by atoms with E-state index in [1.165, 1.54) is 13.3 Å². The van der Waals surface area contributed by atoms with E-state index in [0.717, 1.165) is 10.9 Å². The zero-order chi connectivity index (χ0) is 15.4. The third kappa shape index (κ3) is 2.95. The molecule has 1 atom stereocenters. The number of hydrogen-bond donors (Lipinski definition) is 1. The summed E-state index contributed by atoms with van der Waals surface area (Å²) in [6, 6.07) is 9.09. The van der Waals surface area contributed by atoms with E-state index < -0.39 is 6.04 Å². The van der Waals surface area contributed by atoms with Crippen molar-refractivity contribution in [3.05, 3.63) is 36.0 Å². The number of carbonyl (C=O) groups is 1. The Balaban J connectivity index is 2.54. The maximum atomic E-state index is 11.9. The van der Waals surface area contributed by atoms with E-state index in [9.17, 15) is 10.1 Å². The van der Waals surface area contributed by atoms with Gasteiger partial charge >= 0.3 is 5.97 Å². The molecule has 1 heterocycles. The van der Waals surface area contributed by atoms with Gasteiger partial charge in [0.05, 0.1) is 23.9 Å². The van der Waals surface area contributed by atoms with Crippen LogP contribution in [0.2, 0.25) is 0 Å². The molecule has 2 aromatic rings. The number of nitrogens with zero attached hydrogens (tertiary/aromatic N) is 2. The fourth-order valence-electron chi connectivity index (χ4n) is 2.16. The van der Waals surface area contributed by atoms with Crippen LogP contribution in [0.1, 0.15) is 19.4 Å². The highest BCUT2D eigenvalue weighted by Gasteiger charge is 2.24. The first kappa shape index (κ1) is 14.8. The molecule has 0 saturated heterocycles. The number of ether oxygens (including phenoxy) is 1. The summed E-state index contributed by atoms with van der Waals surface area (Å²) in [6.45, 7) is 3.84. The molecule has 0 fully saturated rings. The number of hydrogen-bond acceptors (Lipinski definition) is 5. The average molecular weight is 283 g/mol. The van der Waals surface area contributed by atoms with Crippen LogP contribution in [0.3, 0.4) is 0 Å². The molecule has 0 amide bonds. The standard InChI is InChI=1S/C16H17N3O2/c1-10(2)14(16(20)21-3)19-15-11(8-17)9-18-13-7-5-4-6-12(13)15/h4-7,9-10,14H,1-3H3,(H,18,19). The van der Waals surface area contributed by atoms with Gasteiger partial charge < -0.3 is 10.1 Å². The summed E-state index contributed by atoms with van der Waals surface area (Å²) in [7, 11) is 1.36. The van der Waals surface area contributed by atoms with Crippen molar-refractivity contribution in [2.75, 3.05) is 12.4 Å². The van der Waals surface area contributed by atoms with Gasteiger partial charge in [0.2, 0.25) is 0 Å². The molecule has 5 nitrogen and oxygen atoms in total. The number of fused-ring (bicyclic) bond motifs is 1. The minimum absolute atomic E-state index is 0.0240. The van der Waals surface area contributed by atoms with Crippen LogP contribution in [0.15, 0.2) is 30.5 Å². The SMILES string of the molecule is COC(=O)C(Nc1c(C#N)cnc2ccccc12)C(C)C. The molecule has 0 aliphatic carbocycles. The summed E-state index contributed by atoms with van der Waals surface area (Å²) in [5.41, 5.74) is 1.79. The predicted molar refractivity (Wildman–Crippen MR) is 80.7 cm³/mol. The van der Waals surface area contributed by atoms with Gasteiger partial charge in [-0.2, -0.15) is 5.26 Å². The number of esters is 1. The lowest BCUT2D eigenvalue weighted by molar-refractivity contribution is -0.142. The second-order valence-electron chi connectivity index (χ2n) is 5.07. The molecule has 0 radical (unpaired) electrons. The number of aromatic nitrogens is 1. The molecule has 2 rings (SSSR count). The van der Waals surface area contributed by atoms with Crippen molar-refractivity contribution in [1.82, 2.24) is 4.98 Å². The second-order valence-corrected chi connectivity index (χ2v) is 5.07. The topological polar surface area (TPSA) is 75.0 Å². The Labute approximate surface area is 123 Å². The number of nitriles is 1. The molecule has 1 unspecified atom stereocenters. The van der Waals surface area contributed by atoms with Crippen LogP contribution in [0.4, 0.5) is 5.69 Å². The molecule has 1 aromatic heterocycles. The van der Waals surface area contributed by atoms with Gasteiger partial charge in [0, 0.05) is 11.6 Å². The average Bonchev–Trinajstić information content (AvgIpc) is 2.51. The number of carbonyl (C=O) groups excluding carboxylic acids is 1. The predicted octanol–water partition coefficient (Wildman–Crippen LogP) is 2.72. The Hall–Kier alpha value is -2.61. The Morgan fingerprint density at radius 1 is 1.38 bits per heavy atom. The van der Waals surface area contributed by atoms with Crippen molar-refractivity contribution in [1.29, 1.82) is 5.26 Å². The van der Waals surface area contributed by atoms with Crippen LogP contribution in [-0.4, -0.2) is 24.1 Å². The van der Waals surface area contributed by atoms with Gasteiger partial charge in [-0.1, -0.05) is 32.0 Å². The maximum Gasteiger partial charge on any atom is 0.328 e. The van der Waals surface area contributed by atoms with E-state index in [1.54, 1.807) is 0 Å². The van der Waals surface area contributed by atoms with E-state index in [-0.39, 0.29) is 11.9 Å². The molecular weight excluding hydrogens is 266 g/mol. The van der Waals surface area contributed by atoms with Gasteiger partial charge in [-0.05, 0) is 12.0 Å². The van der Waals surface area contributed by atoms with E-state index in [4.69, 9.17) is 4.74 Å². The van der Waals surface area contributed by atoms with Gasteiger partial charge in [0.1, 0.15) is 12.1 Å². The van der Waals surface area contributed by atoms with Crippen LogP contribution in [-0.2, 0) is 9.53 Å². The molecule has 21 heavy (non-hydrogen) atoms. The summed E-state index contributed by atoms with van der Waals surface area (Å²) < 4.78 is 4.83. The molecule has 0 aliphatic rings. The van der Waals surface area contributed by atoms with Gasteiger partial charge in [-0.25, -0.2) is 4.79 Å². The molecule has 0 bridgehead atoms. The van der Waals surface area contributed by atoms with E-state index in [0.29, 0.717) is 11.3 Å². The fourth-order valence-corrected chi connectivity index (χ4v) is 2.16. The largest absolute Gasteiger partial charge is 0.467 e. The lowest BCUT2D eigenvalue weighted by atomic mass is 10.0. The quantitative estimate of drug-likeness (QED) is 0.873. The summed E-state index contributed by atoms with van der Waals surface area (Å²) in [4.78, 5) is 16.2. The number of pyridine rings is 1. The molecule has 108 valence electrons. The Morgan fingerprint density at radius 2 is 2.10 bits per heavy atom. The molecular formula is C16H17N3O2. The van der Waals surface area contributed by atoms with Crippen molar-refractivity contribution in [2.45, 2.75) is 19.9 Å². The first-order valence-electron chi connectivity index (χ1n) is 6.70. The number of nitrogens with one attached hydrogen (secondary N) is 1. The Morgan fingerprint density at radius 3 is 2.71 bits per heavy atom. The fraction of sp³-hybridized carbons (Fsp3) is 0.312. The van der Waals surface area contributed by atoms with Crippen molar-refractivity contribution in [3.63, 3.8) is 0 Å². The normalized spacial score (nSPS) is 12.0. The lowest BCUT2D eigenvalue weighted by Gasteiger charge is -2.22. The summed E-state index contributed by atoms with van der Waals surface area (Å²) in [6.07, 6.45) is 1.51. The van der Waals surface area contributed by atoms with Crippen molar-refractivity contribution >= 4 is 22.6 Å². The number of anilines is 1. The van der Waals surface area contributed by atoms with Crippen molar-refractivity contribution < 1.29 is 9.53 Å². The van der Waals surface area contributed by atoms with Gasteiger partial charge in [-0.15, -0.1) is 0 Å². The summed E-state index contributed by atoms with van der Waals surface area (Å²) >= 11 is 0. The Bertz CT molecular complexity index is 704. The monoisotopic (exact) mass is 283 g/mol. The molecule has 5 heteroatoms. The molecule has 1 N–H and O–H groups in total. The summed E-state index contributed by atoms with van der Waals surface area (Å²) in [5.74, 6) is -0.328. The third-order valence-electron chi connectivity index (χ3n) is 3.32. The smallest absolute Gasteiger partial charge is 0.328 e. The highest BCUT2D eigenvalue weighted by molar-refractivity contribution is 5.95. The first-order chi connectivity index (χ1) is 10.1. The number of benzene rings is 1.